The summed E-state index contributed by atoms with van der Waals surface area (Å²) in [5.41, 5.74) is 0.212. The number of benzene rings is 2. The molecule has 1 aliphatic heterocycles. The number of thioether (sulfide) groups is 1. The molecule has 10 heteroatoms. The lowest BCUT2D eigenvalue weighted by Gasteiger charge is -2.14. The summed E-state index contributed by atoms with van der Waals surface area (Å²) in [6.07, 6.45) is -4.90. The van der Waals surface area contributed by atoms with Crippen LogP contribution in [0.15, 0.2) is 64.8 Å². The highest BCUT2D eigenvalue weighted by atomic mass is 32.2. The van der Waals surface area contributed by atoms with E-state index < -0.39 is 28.8 Å². The number of rotatable bonds is 5. The largest absolute Gasteiger partial charge is 0.418 e. The molecule has 1 fully saturated rings. The molecule has 0 unspecified atom stereocenters. The average molecular weight is 434 g/mol. The zero-order valence-electron chi connectivity index (χ0n) is 15.7. The summed E-state index contributed by atoms with van der Waals surface area (Å²) in [6, 6.07) is 14.0. The lowest BCUT2D eigenvalue weighted by atomic mass is 10.1. The van der Waals surface area contributed by atoms with Crippen LogP contribution in [0.4, 0.5) is 18.9 Å². The predicted molar refractivity (Wildman–Crippen MR) is 110 cm³/mol. The van der Waals surface area contributed by atoms with E-state index in [-0.39, 0.29) is 17.3 Å². The van der Waals surface area contributed by atoms with Gasteiger partial charge in [-0.05, 0) is 24.6 Å². The number of nitrogens with zero attached hydrogens (tertiary/aromatic N) is 2. The van der Waals surface area contributed by atoms with Crippen molar-refractivity contribution in [3.63, 3.8) is 0 Å². The van der Waals surface area contributed by atoms with Crippen LogP contribution >= 0.6 is 11.8 Å². The summed E-state index contributed by atoms with van der Waals surface area (Å²) in [5, 5.41) is 12.2. The molecule has 2 amide bonds. The quantitative estimate of drug-likeness (QED) is 0.550. The Labute approximate surface area is 174 Å². The number of halogens is 3. The summed E-state index contributed by atoms with van der Waals surface area (Å²) in [5.74, 6) is -1.16. The molecule has 1 heterocycles. The van der Waals surface area contributed by atoms with Crippen molar-refractivity contribution >= 4 is 40.1 Å². The Kier molecular flexibility index (Phi) is 6.56. The Morgan fingerprint density at radius 2 is 1.80 bits per heavy atom. The summed E-state index contributed by atoms with van der Waals surface area (Å²) in [4.78, 5) is 24.3. The van der Waals surface area contributed by atoms with E-state index in [0.29, 0.717) is 5.71 Å². The molecular formula is C20H17F3N4O2S. The van der Waals surface area contributed by atoms with E-state index in [1.165, 1.54) is 12.1 Å². The number of amidine groups is 1. The van der Waals surface area contributed by atoms with Gasteiger partial charge in [-0.3, -0.25) is 9.59 Å². The molecule has 1 atom stereocenters. The van der Waals surface area contributed by atoms with E-state index in [1.54, 1.807) is 6.92 Å². The maximum absolute atomic E-state index is 13.0. The first-order chi connectivity index (χ1) is 14.2. The van der Waals surface area contributed by atoms with E-state index in [9.17, 15) is 22.8 Å². The number of hydrogen-bond donors (Lipinski definition) is 2. The number of carbonyl (C=O) groups is 2. The third-order valence-electron chi connectivity index (χ3n) is 4.14. The molecule has 6 nitrogen and oxygen atoms in total. The smallest absolute Gasteiger partial charge is 0.325 e. The Bertz CT molecular complexity index is 1010. The van der Waals surface area contributed by atoms with Gasteiger partial charge in [0.2, 0.25) is 11.8 Å². The standard InChI is InChI=1S/C20H17F3N4O2S/c1-12(13-7-3-2-4-8-13)26-27-19-25-18(29)16(30-19)11-17(28)24-15-10-6-5-9-14(15)20(21,22)23/h2-10,16H,11H2,1H3,(H,24,28)(H,25,27,29)/b26-12-/t16-/m0/s1. The molecule has 1 saturated heterocycles. The zero-order valence-corrected chi connectivity index (χ0v) is 16.6. The molecule has 2 aromatic carbocycles. The molecule has 3 rings (SSSR count). The fraction of sp³-hybridized carbons (Fsp3) is 0.200. The molecule has 0 radical (unpaired) electrons. The second kappa shape index (κ2) is 9.12. The van der Waals surface area contributed by atoms with E-state index in [4.69, 9.17) is 0 Å². The Morgan fingerprint density at radius 3 is 2.50 bits per heavy atom. The molecule has 2 aromatic rings. The van der Waals surface area contributed by atoms with Crippen LogP contribution < -0.4 is 10.6 Å². The number of anilines is 1. The molecule has 0 bridgehead atoms. The van der Waals surface area contributed by atoms with Crippen LogP contribution in [0.2, 0.25) is 0 Å². The third kappa shape index (κ3) is 5.47. The van der Waals surface area contributed by atoms with Gasteiger partial charge >= 0.3 is 6.18 Å². The fourth-order valence-corrected chi connectivity index (χ4v) is 3.57. The van der Waals surface area contributed by atoms with Crippen molar-refractivity contribution in [3.8, 4) is 0 Å². The molecule has 2 N–H and O–H groups in total. The van der Waals surface area contributed by atoms with Crippen LogP contribution in [0.5, 0.6) is 0 Å². The van der Waals surface area contributed by atoms with Gasteiger partial charge < -0.3 is 10.6 Å². The number of nitrogens with one attached hydrogen (secondary N) is 2. The van der Waals surface area contributed by atoms with Crippen LogP contribution in [0.3, 0.4) is 0 Å². The number of amides is 2. The van der Waals surface area contributed by atoms with Gasteiger partial charge in [-0.15, -0.1) is 5.10 Å². The Balaban J connectivity index is 1.63. The molecule has 0 saturated carbocycles. The summed E-state index contributed by atoms with van der Waals surface area (Å²) < 4.78 is 39.1. The Hall–Kier alpha value is -3.14. The fourth-order valence-electron chi connectivity index (χ4n) is 2.65. The second-order valence-corrected chi connectivity index (χ2v) is 7.54. The van der Waals surface area contributed by atoms with E-state index in [1.807, 2.05) is 30.3 Å². The van der Waals surface area contributed by atoms with Crippen LogP contribution in [0.25, 0.3) is 0 Å². The lowest BCUT2D eigenvalue weighted by Crippen LogP contribution is -2.28. The van der Waals surface area contributed by atoms with Gasteiger partial charge in [0.05, 0.1) is 17.0 Å². The highest BCUT2D eigenvalue weighted by Crippen LogP contribution is 2.34. The van der Waals surface area contributed by atoms with Crippen LogP contribution in [0.1, 0.15) is 24.5 Å². The highest BCUT2D eigenvalue weighted by Gasteiger charge is 2.35. The minimum Gasteiger partial charge on any atom is -0.325 e. The van der Waals surface area contributed by atoms with Crippen molar-refractivity contribution < 1.29 is 22.8 Å². The maximum atomic E-state index is 13.0. The monoisotopic (exact) mass is 434 g/mol. The van der Waals surface area contributed by atoms with E-state index in [2.05, 4.69) is 20.8 Å². The van der Waals surface area contributed by atoms with Gasteiger partial charge in [-0.2, -0.15) is 18.3 Å². The molecule has 30 heavy (non-hydrogen) atoms. The number of hydrogen-bond acceptors (Lipinski definition) is 5. The average Bonchev–Trinajstić information content (AvgIpc) is 3.05. The summed E-state index contributed by atoms with van der Waals surface area (Å²) in [6.45, 7) is 1.77. The zero-order chi connectivity index (χ0) is 21.7. The van der Waals surface area contributed by atoms with Gasteiger partial charge in [0, 0.05) is 6.42 Å². The van der Waals surface area contributed by atoms with Crippen LogP contribution in [-0.2, 0) is 15.8 Å². The van der Waals surface area contributed by atoms with Gasteiger partial charge in [0.15, 0.2) is 5.17 Å². The summed E-state index contributed by atoms with van der Waals surface area (Å²) in [7, 11) is 0. The van der Waals surface area contributed by atoms with Crippen LogP contribution in [0, 0.1) is 0 Å². The number of carbonyl (C=O) groups excluding carboxylic acids is 2. The van der Waals surface area contributed by atoms with Gasteiger partial charge in [0.25, 0.3) is 0 Å². The van der Waals surface area contributed by atoms with Gasteiger partial charge in [-0.25, -0.2) is 0 Å². The summed E-state index contributed by atoms with van der Waals surface area (Å²) >= 11 is 1.00. The van der Waals surface area contributed by atoms with Crippen molar-refractivity contribution in [1.82, 2.24) is 5.32 Å². The molecule has 1 aliphatic rings. The molecule has 0 spiro atoms. The predicted octanol–water partition coefficient (Wildman–Crippen LogP) is 4.05. The maximum Gasteiger partial charge on any atom is 0.418 e. The molecule has 156 valence electrons. The lowest BCUT2D eigenvalue weighted by molar-refractivity contribution is -0.137. The first-order valence-electron chi connectivity index (χ1n) is 8.85. The van der Waals surface area contributed by atoms with Crippen LogP contribution in [-0.4, -0.2) is 27.9 Å². The van der Waals surface area contributed by atoms with Crippen molar-refractivity contribution in [2.75, 3.05) is 5.32 Å². The SMILES string of the molecule is C/C(=N/N=C1\NC(=O)[C@H](CC(=O)Nc2ccccc2C(F)(F)F)S1)c1ccccc1. The molecular weight excluding hydrogens is 417 g/mol. The van der Waals surface area contributed by atoms with Gasteiger partial charge in [-0.1, -0.05) is 54.2 Å². The van der Waals surface area contributed by atoms with E-state index >= 15 is 0 Å². The van der Waals surface area contributed by atoms with Crippen molar-refractivity contribution in [1.29, 1.82) is 0 Å². The molecule has 0 aliphatic carbocycles. The van der Waals surface area contributed by atoms with Crippen molar-refractivity contribution in [2.45, 2.75) is 24.8 Å². The second-order valence-electron chi connectivity index (χ2n) is 6.35. The highest BCUT2D eigenvalue weighted by molar-refractivity contribution is 8.15. The van der Waals surface area contributed by atoms with Crippen molar-refractivity contribution in [2.24, 2.45) is 10.2 Å². The van der Waals surface area contributed by atoms with Crippen molar-refractivity contribution in [3.05, 3.63) is 65.7 Å². The number of para-hydroxylation sites is 1. The van der Waals surface area contributed by atoms with Gasteiger partial charge in [0.1, 0.15) is 5.25 Å². The van der Waals surface area contributed by atoms with E-state index in [0.717, 1.165) is 29.5 Å². The normalized spacial score (nSPS) is 18.4. The number of alkyl halides is 3. The minimum absolute atomic E-state index is 0.226. The molecule has 0 aromatic heterocycles. The topological polar surface area (TPSA) is 82.9 Å². The first-order valence-corrected chi connectivity index (χ1v) is 9.73. The minimum atomic E-state index is -4.60. The Morgan fingerprint density at radius 1 is 1.13 bits per heavy atom. The first kappa shape index (κ1) is 21.6. The third-order valence-corrected chi connectivity index (χ3v) is 5.21.